The lowest BCUT2D eigenvalue weighted by Crippen LogP contribution is -2.15. The Balaban J connectivity index is 1.62. The van der Waals surface area contributed by atoms with Gasteiger partial charge in [-0.15, -0.1) is 0 Å². The van der Waals surface area contributed by atoms with Crippen molar-refractivity contribution in [3.05, 3.63) is 65.9 Å². The number of benzene rings is 2. The van der Waals surface area contributed by atoms with Gasteiger partial charge in [-0.2, -0.15) is 8.78 Å². The van der Waals surface area contributed by atoms with Crippen molar-refractivity contribution < 1.29 is 18.3 Å². The molecule has 0 radical (unpaired) electrons. The Morgan fingerprint density at radius 1 is 1.14 bits per heavy atom. The zero-order valence-electron chi connectivity index (χ0n) is 15.9. The highest BCUT2D eigenvalue weighted by atomic mass is 32.2. The molecule has 5 nitrogen and oxygen atoms in total. The van der Waals surface area contributed by atoms with Gasteiger partial charge in [-0.3, -0.25) is 4.79 Å². The summed E-state index contributed by atoms with van der Waals surface area (Å²) in [6.07, 6.45) is 1.59. The van der Waals surface area contributed by atoms with Crippen LogP contribution in [0.2, 0.25) is 0 Å². The van der Waals surface area contributed by atoms with E-state index in [1.54, 1.807) is 24.4 Å². The molecule has 0 aliphatic rings. The van der Waals surface area contributed by atoms with E-state index in [0.717, 1.165) is 22.4 Å². The van der Waals surface area contributed by atoms with Gasteiger partial charge in [-0.1, -0.05) is 23.9 Å². The van der Waals surface area contributed by atoms with E-state index in [1.165, 1.54) is 23.9 Å². The fraction of sp³-hybridized carbons (Fsp3) is 0.190. The summed E-state index contributed by atoms with van der Waals surface area (Å²) in [7, 11) is 0. The van der Waals surface area contributed by atoms with E-state index in [2.05, 4.69) is 20.0 Å². The number of thioether (sulfide) groups is 1. The second-order valence-corrected chi connectivity index (χ2v) is 7.15. The lowest BCUT2D eigenvalue weighted by atomic mass is 10.1. The van der Waals surface area contributed by atoms with E-state index < -0.39 is 6.61 Å². The summed E-state index contributed by atoms with van der Waals surface area (Å²) >= 11 is 1.22. The number of hydrogen-bond acceptors (Lipinski definition) is 5. The fourth-order valence-electron chi connectivity index (χ4n) is 2.58. The lowest BCUT2D eigenvalue weighted by molar-refractivity contribution is -0.113. The van der Waals surface area contributed by atoms with Crippen molar-refractivity contribution in [1.29, 1.82) is 0 Å². The van der Waals surface area contributed by atoms with Crippen LogP contribution < -0.4 is 10.1 Å². The Kier molecular flexibility index (Phi) is 6.77. The highest BCUT2D eigenvalue weighted by Crippen LogP contribution is 2.24. The number of aromatic nitrogens is 2. The highest BCUT2D eigenvalue weighted by Gasteiger charge is 2.10. The molecule has 3 rings (SSSR count). The first-order valence-corrected chi connectivity index (χ1v) is 9.78. The molecule has 0 aliphatic heterocycles. The number of ether oxygens (including phenoxy) is 1. The van der Waals surface area contributed by atoms with Gasteiger partial charge in [0.05, 0.1) is 11.4 Å². The molecule has 0 spiro atoms. The van der Waals surface area contributed by atoms with Crippen molar-refractivity contribution in [1.82, 2.24) is 9.97 Å². The van der Waals surface area contributed by atoms with E-state index in [1.807, 2.05) is 32.0 Å². The molecule has 1 aromatic heterocycles. The standard InChI is InChI=1S/C21H19F2N3O2S/c1-13-4-3-5-17(14(13)2)25-19(27)12-29-21-24-11-10-18(26-21)15-6-8-16(9-7-15)28-20(22)23/h3-11,20H,12H2,1-2H3,(H,25,27). The molecule has 0 atom stereocenters. The summed E-state index contributed by atoms with van der Waals surface area (Å²) in [5, 5.41) is 3.35. The van der Waals surface area contributed by atoms with Crippen LogP contribution in [0, 0.1) is 13.8 Å². The minimum atomic E-state index is -2.86. The second kappa shape index (κ2) is 9.47. The number of aryl methyl sites for hydroxylation is 1. The van der Waals surface area contributed by atoms with Crippen LogP contribution in [0.5, 0.6) is 5.75 Å². The minimum Gasteiger partial charge on any atom is -0.435 e. The molecular weight excluding hydrogens is 396 g/mol. The van der Waals surface area contributed by atoms with Gasteiger partial charge in [0.1, 0.15) is 5.75 Å². The van der Waals surface area contributed by atoms with Crippen LogP contribution in [0.3, 0.4) is 0 Å². The fourth-order valence-corrected chi connectivity index (χ4v) is 3.21. The third kappa shape index (κ3) is 5.74. The summed E-state index contributed by atoms with van der Waals surface area (Å²) < 4.78 is 28.8. The molecule has 0 saturated heterocycles. The quantitative estimate of drug-likeness (QED) is 0.430. The van der Waals surface area contributed by atoms with E-state index in [0.29, 0.717) is 10.9 Å². The predicted octanol–water partition coefficient (Wildman–Crippen LogP) is 5.09. The Bertz CT molecular complexity index is 997. The number of amides is 1. The molecule has 1 N–H and O–H groups in total. The van der Waals surface area contributed by atoms with Crippen LogP contribution >= 0.6 is 11.8 Å². The van der Waals surface area contributed by atoms with Gasteiger partial charge in [0, 0.05) is 17.4 Å². The maximum Gasteiger partial charge on any atom is 0.387 e. The third-order valence-electron chi connectivity index (χ3n) is 4.22. The smallest absolute Gasteiger partial charge is 0.387 e. The van der Waals surface area contributed by atoms with Crippen LogP contribution in [0.25, 0.3) is 11.3 Å². The number of rotatable bonds is 7. The van der Waals surface area contributed by atoms with Gasteiger partial charge in [0.25, 0.3) is 0 Å². The predicted molar refractivity (Wildman–Crippen MR) is 109 cm³/mol. The van der Waals surface area contributed by atoms with Crippen molar-refractivity contribution in [2.24, 2.45) is 0 Å². The second-order valence-electron chi connectivity index (χ2n) is 6.21. The number of nitrogens with one attached hydrogen (secondary N) is 1. The number of carbonyl (C=O) groups is 1. The maximum atomic E-state index is 12.3. The zero-order valence-corrected chi connectivity index (χ0v) is 16.7. The van der Waals surface area contributed by atoms with Crippen molar-refractivity contribution in [2.75, 3.05) is 11.1 Å². The van der Waals surface area contributed by atoms with Crippen LogP contribution in [0.15, 0.2) is 59.9 Å². The molecule has 0 fully saturated rings. The first kappa shape index (κ1) is 20.7. The first-order chi connectivity index (χ1) is 13.9. The Morgan fingerprint density at radius 2 is 1.90 bits per heavy atom. The molecule has 0 aliphatic carbocycles. The van der Waals surface area contributed by atoms with Crippen LogP contribution in [-0.4, -0.2) is 28.2 Å². The van der Waals surface area contributed by atoms with E-state index >= 15 is 0 Å². The number of anilines is 1. The SMILES string of the molecule is Cc1cccc(NC(=O)CSc2nccc(-c3ccc(OC(F)F)cc3)n2)c1C. The molecule has 3 aromatic rings. The van der Waals surface area contributed by atoms with Crippen molar-refractivity contribution in [3.8, 4) is 17.0 Å². The van der Waals surface area contributed by atoms with Gasteiger partial charge >= 0.3 is 6.61 Å². The molecule has 0 saturated carbocycles. The van der Waals surface area contributed by atoms with Gasteiger partial charge in [-0.25, -0.2) is 9.97 Å². The van der Waals surface area contributed by atoms with Gasteiger partial charge in [-0.05, 0) is 61.4 Å². The summed E-state index contributed by atoms with van der Waals surface area (Å²) in [5.74, 6) is 0.0968. The average Bonchev–Trinajstić information content (AvgIpc) is 2.70. The summed E-state index contributed by atoms with van der Waals surface area (Å²) in [6.45, 7) is 1.09. The maximum absolute atomic E-state index is 12.3. The van der Waals surface area contributed by atoms with Gasteiger partial charge < -0.3 is 10.1 Å². The van der Waals surface area contributed by atoms with Crippen molar-refractivity contribution in [3.63, 3.8) is 0 Å². The number of halogens is 2. The largest absolute Gasteiger partial charge is 0.435 e. The van der Waals surface area contributed by atoms with Crippen LogP contribution in [0.1, 0.15) is 11.1 Å². The molecule has 29 heavy (non-hydrogen) atoms. The molecule has 8 heteroatoms. The van der Waals surface area contributed by atoms with Gasteiger partial charge in [0.15, 0.2) is 5.16 Å². The Morgan fingerprint density at radius 3 is 2.62 bits per heavy atom. The molecule has 1 heterocycles. The minimum absolute atomic E-state index is 0.0792. The highest BCUT2D eigenvalue weighted by molar-refractivity contribution is 7.99. The van der Waals surface area contributed by atoms with E-state index in [9.17, 15) is 13.6 Å². The molecule has 1 amide bonds. The monoisotopic (exact) mass is 415 g/mol. The Hall–Kier alpha value is -3.00. The number of carbonyl (C=O) groups excluding carboxylic acids is 1. The van der Waals surface area contributed by atoms with Crippen molar-refractivity contribution >= 4 is 23.4 Å². The normalized spacial score (nSPS) is 10.8. The summed E-state index contributed by atoms with van der Waals surface area (Å²) in [4.78, 5) is 20.9. The molecular formula is C21H19F2N3O2S. The average molecular weight is 415 g/mol. The molecule has 150 valence electrons. The summed E-state index contributed by atoms with van der Waals surface area (Å²) in [6, 6.07) is 13.7. The van der Waals surface area contributed by atoms with Gasteiger partial charge in [0.2, 0.25) is 5.91 Å². The number of nitrogens with zero attached hydrogens (tertiary/aromatic N) is 2. The third-order valence-corrected chi connectivity index (χ3v) is 5.08. The molecule has 0 unspecified atom stereocenters. The van der Waals surface area contributed by atoms with E-state index in [4.69, 9.17) is 0 Å². The van der Waals surface area contributed by atoms with Crippen LogP contribution in [0.4, 0.5) is 14.5 Å². The topological polar surface area (TPSA) is 64.1 Å². The van der Waals surface area contributed by atoms with Crippen molar-refractivity contribution in [2.45, 2.75) is 25.6 Å². The van der Waals surface area contributed by atoms with Crippen LogP contribution in [-0.2, 0) is 4.79 Å². The molecule has 0 bridgehead atoms. The first-order valence-electron chi connectivity index (χ1n) is 8.79. The number of hydrogen-bond donors (Lipinski definition) is 1. The lowest BCUT2D eigenvalue weighted by Gasteiger charge is -2.10. The zero-order chi connectivity index (χ0) is 20.8. The molecule has 2 aromatic carbocycles. The van der Waals surface area contributed by atoms with E-state index in [-0.39, 0.29) is 17.4 Å². The summed E-state index contributed by atoms with van der Waals surface area (Å²) in [5.41, 5.74) is 4.29. The Labute approximate surface area is 171 Å². The number of alkyl halides is 2.